The third kappa shape index (κ3) is 4.33. The van der Waals surface area contributed by atoms with E-state index >= 15 is 0 Å². The monoisotopic (exact) mass is 285 g/mol. The molecule has 0 saturated carbocycles. The van der Waals surface area contributed by atoms with Crippen molar-refractivity contribution in [2.24, 2.45) is 0 Å². The molecule has 0 aliphatic rings. The summed E-state index contributed by atoms with van der Waals surface area (Å²) in [5, 5.41) is 2.88. The van der Waals surface area contributed by atoms with E-state index in [9.17, 15) is 4.79 Å². The van der Waals surface area contributed by atoms with Crippen LogP contribution in [0.4, 0.5) is 0 Å². The van der Waals surface area contributed by atoms with Crippen LogP contribution in [0.15, 0.2) is 54.6 Å². The molecule has 110 valence electrons. The summed E-state index contributed by atoms with van der Waals surface area (Å²) in [6, 6.07) is 16.5. The molecule has 0 spiro atoms. The fourth-order valence-electron chi connectivity index (χ4n) is 1.95. The maximum atomic E-state index is 12.3. The first-order valence-electron chi connectivity index (χ1n) is 6.82. The topological polar surface area (TPSA) is 47.6 Å². The Balaban J connectivity index is 2.15. The summed E-state index contributed by atoms with van der Waals surface area (Å²) < 4.78 is 10.8. The Morgan fingerprint density at radius 3 is 2.48 bits per heavy atom. The van der Waals surface area contributed by atoms with Gasteiger partial charge >= 0.3 is 0 Å². The van der Waals surface area contributed by atoms with Crippen molar-refractivity contribution in [3.05, 3.63) is 60.2 Å². The highest BCUT2D eigenvalue weighted by atomic mass is 16.5. The third-order valence-corrected chi connectivity index (χ3v) is 2.90. The van der Waals surface area contributed by atoms with Gasteiger partial charge in [0.05, 0.1) is 12.2 Å². The van der Waals surface area contributed by atoms with Gasteiger partial charge in [-0.2, -0.15) is 0 Å². The number of hydrogen-bond acceptors (Lipinski definition) is 3. The largest absolute Gasteiger partial charge is 0.457 e. The molecule has 1 atom stereocenters. The van der Waals surface area contributed by atoms with Crippen molar-refractivity contribution in [3.8, 4) is 11.5 Å². The molecule has 0 fully saturated rings. The molecule has 0 heterocycles. The van der Waals surface area contributed by atoms with Crippen LogP contribution >= 0.6 is 0 Å². The van der Waals surface area contributed by atoms with Crippen molar-refractivity contribution < 1.29 is 14.3 Å². The first kappa shape index (κ1) is 15.1. The SMILES string of the molecule is COCC(C)NC(=O)c1ccccc1Oc1ccccc1. The van der Waals surface area contributed by atoms with Crippen molar-refractivity contribution >= 4 is 5.91 Å². The minimum absolute atomic E-state index is 0.0627. The van der Waals surface area contributed by atoms with Gasteiger partial charge in [0.1, 0.15) is 11.5 Å². The minimum Gasteiger partial charge on any atom is -0.457 e. The van der Waals surface area contributed by atoms with Crippen LogP contribution in [-0.2, 0) is 4.74 Å². The third-order valence-electron chi connectivity index (χ3n) is 2.90. The molecular weight excluding hydrogens is 266 g/mol. The van der Waals surface area contributed by atoms with Crippen LogP contribution in [0.5, 0.6) is 11.5 Å². The Kier molecular flexibility index (Phi) is 5.35. The molecule has 2 aromatic carbocycles. The van der Waals surface area contributed by atoms with Crippen LogP contribution in [-0.4, -0.2) is 25.7 Å². The van der Waals surface area contributed by atoms with E-state index in [1.54, 1.807) is 19.2 Å². The fraction of sp³-hybridized carbons (Fsp3) is 0.235. The molecule has 0 aliphatic heterocycles. The average molecular weight is 285 g/mol. The number of methoxy groups -OCH3 is 1. The smallest absolute Gasteiger partial charge is 0.255 e. The highest BCUT2D eigenvalue weighted by Crippen LogP contribution is 2.24. The molecule has 0 bridgehead atoms. The van der Waals surface area contributed by atoms with Gasteiger partial charge in [-0.1, -0.05) is 30.3 Å². The van der Waals surface area contributed by atoms with Gasteiger partial charge in [-0.15, -0.1) is 0 Å². The van der Waals surface area contributed by atoms with E-state index in [1.807, 2.05) is 49.4 Å². The maximum absolute atomic E-state index is 12.3. The second-order valence-corrected chi connectivity index (χ2v) is 4.74. The second-order valence-electron chi connectivity index (χ2n) is 4.74. The lowest BCUT2D eigenvalue weighted by molar-refractivity contribution is 0.0903. The molecule has 1 N–H and O–H groups in total. The van der Waals surface area contributed by atoms with Gasteiger partial charge in [0.15, 0.2) is 0 Å². The molecule has 0 radical (unpaired) electrons. The molecule has 0 aromatic heterocycles. The molecule has 1 amide bonds. The second kappa shape index (κ2) is 7.45. The number of nitrogens with one attached hydrogen (secondary N) is 1. The number of para-hydroxylation sites is 2. The van der Waals surface area contributed by atoms with Gasteiger partial charge in [0, 0.05) is 13.2 Å². The van der Waals surface area contributed by atoms with E-state index in [1.165, 1.54) is 0 Å². The highest BCUT2D eigenvalue weighted by Gasteiger charge is 2.14. The summed E-state index contributed by atoms with van der Waals surface area (Å²) in [5.74, 6) is 1.06. The van der Waals surface area contributed by atoms with E-state index in [4.69, 9.17) is 9.47 Å². The van der Waals surface area contributed by atoms with E-state index in [2.05, 4.69) is 5.32 Å². The Hall–Kier alpha value is -2.33. The van der Waals surface area contributed by atoms with Crippen molar-refractivity contribution in [1.82, 2.24) is 5.32 Å². The Labute approximate surface area is 124 Å². The standard InChI is InChI=1S/C17H19NO3/c1-13(12-20-2)18-17(19)15-10-6-7-11-16(15)21-14-8-4-3-5-9-14/h3-11,13H,12H2,1-2H3,(H,18,19). The lowest BCUT2D eigenvalue weighted by Gasteiger charge is -2.15. The summed E-state index contributed by atoms with van der Waals surface area (Å²) in [7, 11) is 1.61. The zero-order valence-electron chi connectivity index (χ0n) is 12.2. The molecular formula is C17H19NO3. The number of rotatable bonds is 6. The minimum atomic E-state index is -0.175. The molecule has 0 aliphatic carbocycles. The quantitative estimate of drug-likeness (QED) is 0.886. The van der Waals surface area contributed by atoms with Gasteiger partial charge in [0.25, 0.3) is 5.91 Å². The summed E-state index contributed by atoms with van der Waals surface area (Å²) in [4.78, 5) is 12.3. The van der Waals surface area contributed by atoms with Crippen molar-refractivity contribution in [3.63, 3.8) is 0 Å². The zero-order chi connectivity index (χ0) is 15.1. The van der Waals surface area contributed by atoms with E-state index in [0.717, 1.165) is 0 Å². The van der Waals surface area contributed by atoms with Crippen molar-refractivity contribution in [1.29, 1.82) is 0 Å². The number of benzene rings is 2. The lowest BCUT2D eigenvalue weighted by atomic mass is 10.1. The molecule has 21 heavy (non-hydrogen) atoms. The normalized spacial score (nSPS) is 11.7. The van der Waals surface area contributed by atoms with Crippen molar-refractivity contribution in [2.45, 2.75) is 13.0 Å². The first-order chi connectivity index (χ1) is 10.2. The van der Waals surface area contributed by atoms with E-state index in [0.29, 0.717) is 23.7 Å². The first-order valence-corrected chi connectivity index (χ1v) is 6.82. The summed E-state index contributed by atoms with van der Waals surface area (Å²) >= 11 is 0. The number of hydrogen-bond donors (Lipinski definition) is 1. The number of carbonyl (C=O) groups is 1. The van der Waals surface area contributed by atoms with Crippen LogP contribution in [0.25, 0.3) is 0 Å². The highest BCUT2D eigenvalue weighted by molar-refractivity contribution is 5.97. The maximum Gasteiger partial charge on any atom is 0.255 e. The zero-order valence-corrected chi connectivity index (χ0v) is 12.2. The number of amides is 1. The number of ether oxygens (including phenoxy) is 2. The van der Waals surface area contributed by atoms with Crippen LogP contribution in [0, 0.1) is 0 Å². The molecule has 2 aromatic rings. The van der Waals surface area contributed by atoms with Gasteiger partial charge < -0.3 is 14.8 Å². The molecule has 4 nitrogen and oxygen atoms in total. The van der Waals surface area contributed by atoms with Crippen LogP contribution in [0.1, 0.15) is 17.3 Å². The molecule has 1 unspecified atom stereocenters. The van der Waals surface area contributed by atoms with Crippen LogP contribution < -0.4 is 10.1 Å². The molecule has 0 saturated heterocycles. The number of carbonyl (C=O) groups excluding carboxylic acids is 1. The molecule has 4 heteroatoms. The Morgan fingerprint density at radius 2 is 1.76 bits per heavy atom. The van der Waals surface area contributed by atoms with Crippen LogP contribution in [0.3, 0.4) is 0 Å². The van der Waals surface area contributed by atoms with Gasteiger partial charge in [-0.25, -0.2) is 0 Å². The summed E-state index contributed by atoms with van der Waals surface area (Å²) in [5.41, 5.74) is 0.504. The predicted molar refractivity (Wildman–Crippen MR) is 81.8 cm³/mol. The van der Waals surface area contributed by atoms with E-state index < -0.39 is 0 Å². The summed E-state index contributed by atoms with van der Waals surface area (Å²) in [6.07, 6.45) is 0. The fourth-order valence-corrected chi connectivity index (χ4v) is 1.95. The average Bonchev–Trinajstić information content (AvgIpc) is 2.49. The van der Waals surface area contributed by atoms with Crippen molar-refractivity contribution in [2.75, 3.05) is 13.7 Å². The Morgan fingerprint density at radius 1 is 1.10 bits per heavy atom. The van der Waals surface area contributed by atoms with Gasteiger partial charge in [-0.3, -0.25) is 4.79 Å². The van der Waals surface area contributed by atoms with Gasteiger partial charge in [-0.05, 0) is 31.2 Å². The Bertz CT molecular complexity index is 584. The van der Waals surface area contributed by atoms with E-state index in [-0.39, 0.29) is 11.9 Å². The van der Waals surface area contributed by atoms with Gasteiger partial charge in [0.2, 0.25) is 0 Å². The van der Waals surface area contributed by atoms with Crippen LogP contribution in [0.2, 0.25) is 0 Å². The lowest BCUT2D eigenvalue weighted by Crippen LogP contribution is -2.35. The summed E-state index contributed by atoms with van der Waals surface area (Å²) in [6.45, 7) is 2.36. The predicted octanol–water partition coefficient (Wildman–Crippen LogP) is 3.24. The molecule has 2 rings (SSSR count).